The number of carbonyl (C=O) groups excluding carboxylic acids is 1. The number of esters is 1. The third kappa shape index (κ3) is 5.04. The summed E-state index contributed by atoms with van der Waals surface area (Å²) in [5.74, 6) is 2.15. The van der Waals surface area contributed by atoms with Gasteiger partial charge in [-0.3, -0.25) is 4.79 Å². The maximum atomic E-state index is 12.4. The summed E-state index contributed by atoms with van der Waals surface area (Å²) < 4.78 is 32.5. The Morgan fingerprint density at radius 3 is 1.90 bits per heavy atom. The van der Waals surface area contributed by atoms with Crippen molar-refractivity contribution in [2.75, 3.05) is 42.2 Å². The Kier molecular flexibility index (Phi) is 8.00. The minimum atomic E-state index is -0.398. The van der Waals surface area contributed by atoms with Crippen molar-refractivity contribution in [2.45, 2.75) is 19.3 Å². The summed E-state index contributed by atoms with van der Waals surface area (Å²) in [4.78, 5) is 12.4. The molecule has 0 amide bonds. The fourth-order valence-electron chi connectivity index (χ4n) is 3.21. The van der Waals surface area contributed by atoms with Crippen LogP contribution in [0.2, 0.25) is 0 Å². The minimum Gasteiger partial charge on any atom is -0.497 e. The van der Waals surface area contributed by atoms with Crippen LogP contribution in [0, 0.1) is 0 Å². The molecule has 2 aromatic carbocycles. The SMILES string of the molecule is CCOC(=O)CC(c1ccc(OC)cc1OC)c1cc(OC)c(OC)cc1OC. The summed E-state index contributed by atoms with van der Waals surface area (Å²) in [6, 6.07) is 9.02. The van der Waals surface area contributed by atoms with E-state index < -0.39 is 5.92 Å². The van der Waals surface area contributed by atoms with Crippen LogP contribution in [0.3, 0.4) is 0 Å². The summed E-state index contributed by atoms with van der Waals surface area (Å²) in [5.41, 5.74) is 1.55. The molecule has 0 aromatic heterocycles. The predicted octanol–water partition coefficient (Wildman–Crippen LogP) is 3.81. The molecule has 0 saturated heterocycles. The Morgan fingerprint density at radius 1 is 0.759 bits per heavy atom. The summed E-state index contributed by atoms with van der Waals surface area (Å²) in [7, 11) is 7.84. The first-order valence-corrected chi connectivity index (χ1v) is 9.20. The highest BCUT2D eigenvalue weighted by atomic mass is 16.5. The van der Waals surface area contributed by atoms with Gasteiger partial charge in [-0.05, 0) is 19.1 Å². The van der Waals surface area contributed by atoms with Crippen LogP contribution in [0.5, 0.6) is 28.7 Å². The Balaban J connectivity index is 2.67. The van der Waals surface area contributed by atoms with Gasteiger partial charge in [0, 0.05) is 29.2 Å². The average molecular weight is 404 g/mol. The highest BCUT2D eigenvalue weighted by Crippen LogP contribution is 2.44. The fraction of sp³-hybridized carbons (Fsp3) is 0.409. The van der Waals surface area contributed by atoms with Gasteiger partial charge in [-0.25, -0.2) is 0 Å². The van der Waals surface area contributed by atoms with E-state index in [9.17, 15) is 4.79 Å². The Labute approximate surface area is 171 Å². The van der Waals surface area contributed by atoms with Crippen LogP contribution in [-0.2, 0) is 9.53 Å². The second-order valence-electron chi connectivity index (χ2n) is 6.12. The van der Waals surface area contributed by atoms with Crippen LogP contribution in [0.1, 0.15) is 30.4 Å². The smallest absolute Gasteiger partial charge is 0.306 e. The van der Waals surface area contributed by atoms with E-state index in [0.717, 1.165) is 11.1 Å². The Hall–Kier alpha value is -3.09. The molecule has 0 N–H and O–H groups in total. The van der Waals surface area contributed by atoms with E-state index in [1.54, 1.807) is 54.6 Å². The number of hydrogen-bond donors (Lipinski definition) is 0. The molecule has 0 heterocycles. The van der Waals surface area contributed by atoms with Gasteiger partial charge >= 0.3 is 5.97 Å². The third-order valence-electron chi connectivity index (χ3n) is 4.60. The zero-order chi connectivity index (χ0) is 21.4. The lowest BCUT2D eigenvalue weighted by Gasteiger charge is -2.23. The maximum Gasteiger partial charge on any atom is 0.306 e. The molecule has 0 aliphatic rings. The van der Waals surface area contributed by atoms with Crippen LogP contribution in [0.4, 0.5) is 0 Å². The molecule has 7 nitrogen and oxygen atoms in total. The van der Waals surface area contributed by atoms with Gasteiger partial charge in [0.2, 0.25) is 0 Å². The topological polar surface area (TPSA) is 72.5 Å². The van der Waals surface area contributed by atoms with Gasteiger partial charge in [0.15, 0.2) is 11.5 Å². The molecular weight excluding hydrogens is 376 g/mol. The van der Waals surface area contributed by atoms with E-state index in [1.165, 1.54) is 0 Å². The van der Waals surface area contributed by atoms with E-state index in [4.69, 9.17) is 28.4 Å². The van der Waals surface area contributed by atoms with E-state index in [2.05, 4.69) is 0 Å². The number of methoxy groups -OCH3 is 5. The van der Waals surface area contributed by atoms with E-state index in [-0.39, 0.29) is 12.4 Å². The van der Waals surface area contributed by atoms with Crippen LogP contribution < -0.4 is 23.7 Å². The molecule has 0 radical (unpaired) electrons. The van der Waals surface area contributed by atoms with E-state index in [1.807, 2.05) is 18.2 Å². The molecule has 1 atom stereocenters. The van der Waals surface area contributed by atoms with Gasteiger partial charge in [-0.1, -0.05) is 6.07 Å². The second kappa shape index (κ2) is 10.5. The summed E-state index contributed by atoms with van der Waals surface area (Å²) in [6.07, 6.45) is 0.0996. The van der Waals surface area contributed by atoms with Gasteiger partial charge in [0.05, 0.1) is 48.6 Å². The molecule has 0 spiro atoms. The van der Waals surface area contributed by atoms with Crippen molar-refractivity contribution in [2.24, 2.45) is 0 Å². The Morgan fingerprint density at radius 2 is 1.34 bits per heavy atom. The summed E-state index contributed by atoms with van der Waals surface area (Å²) in [6.45, 7) is 2.08. The summed E-state index contributed by atoms with van der Waals surface area (Å²) >= 11 is 0. The first-order valence-electron chi connectivity index (χ1n) is 9.20. The van der Waals surface area contributed by atoms with Gasteiger partial charge in [-0.2, -0.15) is 0 Å². The third-order valence-corrected chi connectivity index (χ3v) is 4.60. The van der Waals surface area contributed by atoms with Crippen molar-refractivity contribution >= 4 is 5.97 Å². The average Bonchev–Trinajstić information content (AvgIpc) is 2.76. The van der Waals surface area contributed by atoms with Crippen LogP contribution in [0.25, 0.3) is 0 Å². The van der Waals surface area contributed by atoms with E-state index in [0.29, 0.717) is 35.4 Å². The van der Waals surface area contributed by atoms with Gasteiger partial charge in [0.25, 0.3) is 0 Å². The van der Waals surface area contributed by atoms with Crippen molar-refractivity contribution in [3.8, 4) is 28.7 Å². The van der Waals surface area contributed by atoms with Gasteiger partial charge < -0.3 is 28.4 Å². The zero-order valence-electron chi connectivity index (χ0n) is 17.7. The van der Waals surface area contributed by atoms with Crippen LogP contribution in [-0.4, -0.2) is 48.1 Å². The van der Waals surface area contributed by atoms with Crippen molar-refractivity contribution in [3.05, 3.63) is 41.5 Å². The molecule has 29 heavy (non-hydrogen) atoms. The first kappa shape index (κ1) is 22.2. The molecule has 2 aromatic rings. The van der Waals surface area contributed by atoms with Crippen molar-refractivity contribution in [1.82, 2.24) is 0 Å². The molecule has 158 valence electrons. The molecular formula is C22H28O7. The lowest BCUT2D eigenvalue weighted by Crippen LogP contribution is -2.14. The van der Waals surface area contributed by atoms with Gasteiger partial charge in [-0.15, -0.1) is 0 Å². The molecule has 0 saturated carbocycles. The first-order chi connectivity index (χ1) is 14.0. The van der Waals surface area contributed by atoms with Crippen LogP contribution >= 0.6 is 0 Å². The number of carbonyl (C=O) groups is 1. The quantitative estimate of drug-likeness (QED) is 0.558. The van der Waals surface area contributed by atoms with Crippen LogP contribution in [0.15, 0.2) is 30.3 Å². The largest absolute Gasteiger partial charge is 0.497 e. The number of ether oxygens (including phenoxy) is 6. The number of hydrogen-bond acceptors (Lipinski definition) is 7. The monoisotopic (exact) mass is 404 g/mol. The predicted molar refractivity (Wildman–Crippen MR) is 109 cm³/mol. The molecule has 7 heteroatoms. The lowest BCUT2D eigenvalue weighted by atomic mass is 9.86. The number of benzene rings is 2. The molecule has 0 fully saturated rings. The standard InChI is InChI=1S/C22H28O7/c1-7-29-22(23)12-16(15-9-8-14(24-2)10-18(15)25-3)17-11-20(27-5)21(28-6)13-19(17)26-4/h8-11,13,16H,7,12H2,1-6H3. The lowest BCUT2D eigenvalue weighted by molar-refractivity contribution is -0.143. The number of rotatable bonds is 10. The zero-order valence-corrected chi connectivity index (χ0v) is 17.7. The second-order valence-corrected chi connectivity index (χ2v) is 6.12. The highest BCUT2D eigenvalue weighted by molar-refractivity contribution is 5.72. The van der Waals surface area contributed by atoms with Crippen molar-refractivity contribution in [3.63, 3.8) is 0 Å². The minimum absolute atomic E-state index is 0.0996. The maximum absolute atomic E-state index is 12.4. The Bertz CT molecular complexity index is 832. The highest BCUT2D eigenvalue weighted by Gasteiger charge is 2.27. The molecule has 0 aliphatic carbocycles. The fourth-order valence-corrected chi connectivity index (χ4v) is 3.21. The molecule has 0 aliphatic heterocycles. The molecule has 2 rings (SSSR count). The van der Waals surface area contributed by atoms with Crippen molar-refractivity contribution in [1.29, 1.82) is 0 Å². The summed E-state index contributed by atoms with van der Waals surface area (Å²) in [5, 5.41) is 0. The molecule has 1 unspecified atom stereocenters. The normalized spacial score (nSPS) is 11.4. The van der Waals surface area contributed by atoms with Crippen molar-refractivity contribution < 1.29 is 33.2 Å². The van der Waals surface area contributed by atoms with E-state index >= 15 is 0 Å². The van der Waals surface area contributed by atoms with Gasteiger partial charge in [0.1, 0.15) is 17.2 Å². The molecule has 0 bridgehead atoms.